The monoisotopic (exact) mass is 404 g/mol. The van der Waals surface area contributed by atoms with E-state index in [2.05, 4.69) is 5.32 Å². The van der Waals surface area contributed by atoms with Crippen LogP contribution in [-0.2, 0) is 16.1 Å². The average Bonchev–Trinajstić information content (AvgIpc) is 3.26. The molecule has 6 nitrogen and oxygen atoms in total. The molecule has 1 aromatic heterocycles. The summed E-state index contributed by atoms with van der Waals surface area (Å²) >= 11 is 0. The van der Waals surface area contributed by atoms with E-state index in [0.717, 1.165) is 11.1 Å². The number of ether oxygens (including phenoxy) is 1. The number of aryl methyl sites for hydroxylation is 1. The van der Waals surface area contributed by atoms with E-state index in [-0.39, 0.29) is 24.9 Å². The molecular formula is C24H24N2O4. The summed E-state index contributed by atoms with van der Waals surface area (Å²) in [6.07, 6.45) is 4.73. The van der Waals surface area contributed by atoms with Crippen molar-refractivity contribution in [1.82, 2.24) is 4.90 Å². The van der Waals surface area contributed by atoms with Gasteiger partial charge in [0.2, 0.25) is 11.8 Å². The molecule has 0 spiro atoms. The van der Waals surface area contributed by atoms with Gasteiger partial charge in [0, 0.05) is 6.08 Å². The highest BCUT2D eigenvalue weighted by molar-refractivity contribution is 5.98. The zero-order valence-corrected chi connectivity index (χ0v) is 17.0. The van der Waals surface area contributed by atoms with Crippen molar-refractivity contribution in [2.75, 3.05) is 19.0 Å². The molecule has 2 amide bonds. The number of benzene rings is 2. The minimum Gasteiger partial charge on any atom is -0.495 e. The molecule has 0 bridgehead atoms. The zero-order valence-electron chi connectivity index (χ0n) is 17.0. The van der Waals surface area contributed by atoms with Crippen LogP contribution in [-0.4, -0.2) is 30.4 Å². The number of methoxy groups -OCH3 is 1. The second-order valence-corrected chi connectivity index (χ2v) is 6.77. The first-order chi connectivity index (χ1) is 14.5. The highest BCUT2D eigenvalue weighted by atomic mass is 16.5. The van der Waals surface area contributed by atoms with Gasteiger partial charge in [-0.2, -0.15) is 0 Å². The van der Waals surface area contributed by atoms with Crippen molar-refractivity contribution < 1.29 is 18.7 Å². The second-order valence-electron chi connectivity index (χ2n) is 6.77. The quantitative estimate of drug-likeness (QED) is 0.569. The van der Waals surface area contributed by atoms with Crippen LogP contribution in [0.4, 0.5) is 5.69 Å². The molecule has 0 atom stereocenters. The molecule has 1 N–H and O–H groups in total. The van der Waals surface area contributed by atoms with E-state index in [1.165, 1.54) is 24.3 Å². The highest BCUT2D eigenvalue weighted by Crippen LogP contribution is 2.23. The third-order valence-corrected chi connectivity index (χ3v) is 4.45. The lowest BCUT2D eigenvalue weighted by molar-refractivity contribution is -0.131. The van der Waals surface area contributed by atoms with Crippen LogP contribution in [0.15, 0.2) is 77.4 Å². The lowest BCUT2D eigenvalue weighted by Crippen LogP contribution is -2.36. The molecule has 3 aromatic rings. The first-order valence-electron chi connectivity index (χ1n) is 9.54. The zero-order chi connectivity index (χ0) is 21.3. The van der Waals surface area contributed by atoms with Gasteiger partial charge in [0.05, 0.1) is 25.6 Å². The van der Waals surface area contributed by atoms with Crippen LogP contribution in [0.3, 0.4) is 0 Å². The lowest BCUT2D eigenvalue weighted by Gasteiger charge is -2.20. The van der Waals surface area contributed by atoms with E-state index in [1.54, 1.807) is 36.4 Å². The molecule has 0 saturated heterocycles. The van der Waals surface area contributed by atoms with E-state index >= 15 is 0 Å². The van der Waals surface area contributed by atoms with E-state index in [0.29, 0.717) is 17.2 Å². The predicted octanol–water partition coefficient (Wildman–Crippen LogP) is 4.28. The summed E-state index contributed by atoms with van der Waals surface area (Å²) in [6, 6.07) is 18.5. The van der Waals surface area contributed by atoms with Gasteiger partial charge in [-0.25, -0.2) is 0 Å². The van der Waals surface area contributed by atoms with E-state index in [1.807, 2.05) is 37.3 Å². The van der Waals surface area contributed by atoms with Crippen LogP contribution in [0.1, 0.15) is 16.9 Å². The van der Waals surface area contributed by atoms with Gasteiger partial charge in [-0.1, -0.05) is 42.0 Å². The predicted molar refractivity (Wildman–Crippen MR) is 116 cm³/mol. The van der Waals surface area contributed by atoms with Gasteiger partial charge < -0.3 is 19.4 Å². The third kappa shape index (κ3) is 5.85. The van der Waals surface area contributed by atoms with Crippen molar-refractivity contribution >= 4 is 23.6 Å². The molecule has 0 radical (unpaired) electrons. The van der Waals surface area contributed by atoms with Crippen LogP contribution >= 0.6 is 0 Å². The standard InChI is InChI=1S/C24H24N2O4/c1-18-9-11-19(12-10-18)13-14-24(28)26(16-20-6-5-15-30-20)17-23(27)25-21-7-3-4-8-22(21)29-2/h3-15H,16-17H2,1-2H3,(H,25,27)/b14-13+. The van der Waals surface area contributed by atoms with Gasteiger partial charge in [0.15, 0.2) is 0 Å². The van der Waals surface area contributed by atoms with Crippen LogP contribution in [0.2, 0.25) is 0 Å². The van der Waals surface area contributed by atoms with Crippen molar-refractivity contribution in [3.8, 4) is 5.75 Å². The number of para-hydroxylation sites is 2. The Morgan fingerprint density at radius 1 is 1.07 bits per heavy atom. The molecule has 3 rings (SSSR count). The van der Waals surface area contributed by atoms with E-state index < -0.39 is 0 Å². The molecule has 30 heavy (non-hydrogen) atoms. The summed E-state index contributed by atoms with van der Waals surface area (Å²) in [5.74, 6) is 0.525. The van der Waals surface area contributed by atoms with Gasteiger partial charge >= 0.3 is 0 Å². The third-order valence-electron chi connectivity index (χ3n) is 4.45. The molecule has 1 heterocycles. The fourth-order valence-electron chi connectivity index (χ4n) is 2.86. The largest absolute Gasteiger partial charge is 0.495 e. The summed E-state index contributed by atoms with van der Waals surface area (Å²) in [5, 5.41) is 2.79. The SMILES string of the molecule is COc1ccccc1NC(=O)CN(Cc1ccco1)C(=O)/C=C/c1ccc(C)cc1. The summed E-state index contributed by atoms with van der Waals surface area (Å²) in [4.78, 5) is 26.9. The molecule has 0 unspecified atom stereocenters. The Morgan fingerprint density at radius 2 is 1.83 bits per heavy atom. The molecule has 0 aliphatic heterocycles. The fourth-order valence-corrected chi connectivity index (χ4v) is 2.86. The number of amides is 2. The topological polar surface area (TPSA) is 71.8 Å². The molecule has 6 heteroatoms. The number of hydrogen-bond donors (Lipinski definition) is 1. The molecule has 0 fully saturated rings. The number of rotatable bonds is 8. The summed E-state index contributed by atoms with van der Waals surface area (Å²) in [6.45, 7) is 2.06. The van der Waals surface area contributed by atoms with Crippen molar-refractivity contribution in [1.29, 1.82) is 0 Å². The number of carbonyl (C=O) groups is 2. The highest BCUT2D eigenvalue weighted by Gasteiger charge is 2.18. The maximum atomic E-state index is 12.8. The van der Waals surface area contributed by atoms with Crippen LogP contribution in [0.25, 0.3) is 6.08 Å². The summed E-state index contributed by atoms with van der Waals surface area (Å²) < 4.78 is 10.6. The Kier molecular flexibility index (Phi) is 7.05. The van der Waals surface area contributed by atoms with Gasteiger partial charge in [0.25, 0.3) is 0 Å². The van der Waals surface area contributed by atoms with Crippen LogP contribution in [0.5, 0.6) is 5.75 Å². The Labute approximate surface area is 175 Å². The first kappa shape index (κ1) is 20.9. The fraction of sp³-hybridized carbons (Fsp3) is 0.167. The number of nitrogens with one attached hydrogen (secondary N) is 1. The smallest absolute Gasteiger partial charge is 0.247 e. The number of anilines is 1. The Balaban J connectivity index is 1.72. The molecule has 154 valence electrons. The second kappa shape index (κ2) is 10.1. The molecular weight excluding hydrogens is 380 g/mol. The van der Waals surface area contributed by atoms with E-state index in [4.69, 9.17) is 9.15 Å². The first-order valence-corrected chi connectivity index (χ1v) is 9.54. The van der Waals surface area contributed by atoms with Crippen LogP contribution < -0.4 is 10.1 Å². The molecule has 0 aliphatic carbocycles. The summed E-state index contributed by atoms with van der Waals surface area (Å²) in [7, 11) is 1.54. The maximum Gasteiger partial charge on any atom is 0.247 e. The van der Waals surface area contributed by atoms with Gasteiger partial charge in [-0.05, 0) is 42.8 Å². The van der Waals surface area contributed by atoms with Crippen molar-refractivity contribution in [2.24, 2.45) is 0 Å². The minimum atomic E-state index is -0.330. The van der Waals surface area contributed by atoms with Gasteiger partial charge in [0.1, 0.15) is 18.1 Å². The van der Waals surface area contributed by atoms with E-state index in [9.17, 15) is 9.59 Å². The van der Waals surface area contributed by atoms with Crippen molar-refractivity contribution in [3.63, 3.8) is 0 Å². The molecule has 0 aliphatic rings. The summed E-state index contributed by atoms with van der Waals surface area (Å²) in [5.41, 5.74) is 2.60. The Hall–Kier alpha value is -3.80. The number of furan rings is 1. The Morgan fingerprint density at radius 3 is 2.53 bits per heavy atom. The van der Waals surface area contributed by atoms with Gasteiger partial charge in [-0.3, -0.25) is 9.59 Å². The molecule has 2 aromatic carbocycles. The van der Waals surface area contributed by atoms with Crippen molar-refractivity contribution in [3.05, 3.63) is 89.9 Å². The minimum absolute atomic E-state index is 0.129. The average molecular weight is 404 g/mol. The molecule has 0 saturated carbocycles. The van der Waals surface area contributed by atoms with Gasteiger partial charge in [-0.15, -0.1) is 0 Å². The number of carbonyl (C=O) groups excluding carboxylic acids is 2. The number of hydrogen-bond acceptors (Lipinski definition) is 4. The lowest BCUT2D eigenvalue weighted by atomic mass is 10.1. The number of nitrogens with zero attached hydrogens (tertiary/aromatic N) is 1. The van der Waals surface area contributed by atoms with Crippen LogP contribution in [0, 0.1) is 6.92 Å². The maximum absolute atomic E-state index is 12.8. The van der Waals surface area contributed by atoms with Crippen molar-refractivity contribution in [2.45, 2.75) is 13.5 Å². The Bertz CT molecular complexity index is 1010. The normalized spacial score (nSPS) is 10.7.